The van der Waals surface area contributed by atoms with Crippen LogP contribution in [0.15, 0.2) is 9.42 Å². The van der Waals surface area contributed by atoms with Gasteiger partial charge in [-0.1, -0.05) is 5.16 Å². The number of aromatic nitrogens is 1. The fourth-order valence-corrected chi connectivity index (χ4v) is 3.24. The van der Waals surface area contributed by atoms with Gasteiger partial charge in [0.15, 0.2) is 5.76 Å². The Kier molecular flexibility index (Phi) is 3.64. The Labute approximate surface area is 107 Å². The summed E-state index contributed by atoms with van der Waals surface area (Å²) in [5.41, 5.74) is -1.94. The second kappa shape index (κ2) is 4.32. The minimum atomic E-state index is -3.79. The van der Waals surface area contributed by atoms with Crippen molar-refractivity contribution in [3.63, 3.8) is 0 Å². The maximum absolute atomic E-state index is 12.3. The molecule has 0 bridgehead atoms. The van der Waals surface area contributed by atoms with E-state index in [9.17, 15) is 13.5 Å². The van der Waals surface area contributed by atoms with Crippen LogP contribution in [0.25, 0.3) is 0 Å². The molecule has 104 valence electrons. The van der Waals surface area contributed by atoms with Crippen LogP contribution in [0.1, 0.15) is 39.1 Å². The number of aryl methyl sites for hydroxylation is 2. The molecule has 0 aliphatic carbocycles. The fraction of sp³-hybridized carbons (Fsp3) is 0.727. The van der Waals surface area contributed by atoms with E-state index in [1.165, 1.54) is 6.92 Å². The zero-order valence-electron chi connectivity index (χ0n) is 11.5. The number of nitrogens with zero attached hydrogens (tertiary/aromatic N) is 1. The van der Waals surface area contributed by atoms with Crippen molar-refractivity contribution in [2.24, 2.45) is 0 Å². The highest BCUT2D eigenvalue weighted by molar-refractivity contribution is 7.89. The maximum atomic E-state index is 12.3. The first-order chi connectivity index (χ1) is 7.88. The maximum Gasteiger partial charge on any atom is 0.246 e. The lowest BCUT2D eigenvalue weighted by Crippen LogP contribution is -2.57. The minimum Gasteiger partial charge on any atom is -0.389 e. The molecule has 1 aromatic heterocycles. The van der Waals surface area contributed by atoms with Crippen molar-refractivity contribution in [2.75, 3.05) is 0 Å². The lowest BCUT2D eigenvalue weighted by Gasteiger charge is -2.37. The summed E-state index contributed by atoms with van der Waals surface area (Å²) in [7, 11) is -3.79. The summed E-state index contributed by atoms with van der Waals surface area (Å²) in [6.07, 6.45) is 0. The number of hydrogen-bond donors (Lipinski definition) is 2. The molecule has 2 N–H and O–H groups in total. The van der Waals surface area contributed by atoms with Crippen molar-refractivity contribution in [3.8, 4) is 0 Å². The van der Waals surface area contributed by atoms with Gasteiger partial charge in [0.2, 0.25) is 10.0 Å². The predicted molar refractivity (Wildman–Crippen MR) is 66.7 cm³/mol. The van der Waals surface area contributed by atoms with Crippen LogP contribution >= 0.6 is 0 Å². The number of sulfonamides is 1. The summed E-state index contributed by atoms with van der Waals surface area (Å²) in [4.78, 5) is 0.0276. The summed E-state index contributed by atoms with van der Waals surface area (Å²) in [5, 5.41) is 13.6. The van der Waals surface area contributed by atoms with Gasteiger partial charge in [0.05, 0.1) is 11.1 Å². The highest BCUT2D eigenvalue weighted by Crippen LogP contribution is 2.26. The monoisotopic (exact) mass is 276 g/mol. The molecule has 0 amide bonds. The highest BCUT2D eigenvalue weighted by atomic mass is 32.2. The van der Waals surface area contributed by atoms with Gasteiger partial charge < -0.3 is 9.63 Å². The van der Waals surface area contributed by atoms with Gasteiger partial charge in [-0.2, -0.15) is 0 Å². The Balaban J connectivity index is 3.19. The van der Waals surface area contributed by atoms with Gasteiger partial charge in [-0.3, -0.25) is 0 Å². The van der Waals surface area contributed by atoms with Crippen LogP contribution in [0.5, 0.6) is 0 Å². The Morgan fingerprint density at radius 1 is 1.22 bits per heavy atom. The van der Waals surface area contributed by atoms with E-state index < -0.39 is 21.2 Å². The second-order valence-corrected chi connectivity index (χ2v) is 7.06. The Morgan fingerprint density at radius 2 is 1.72 bits per heavy atom. The van der Waals surface area contributed by atoms with Gasteiger partial charge >= 0.3 is 0 Å². The third kappa shape index (κ3) is 2.73. The molecular formula is C11H20N2O4S. The number of hydrogen-bond acceptors (Lipinski definition) is 5. The molecule has 0 saturated heterocycles. The first-order valence-electron chi connectivity index (χ1n) is 5.58. The smallest absolute Gasteiger partial charge is 0.246 e. The van der Waals surface area contributed by atoms with E-state index in [1.54, 1.807) is 34.6 Å². The van der Waals surface area contributed by atoms with E-state index in [1.807, 2.05) is 0 Å². The van der Waals surface area contributed by atoms with Crippen LogP contribution < -0.4 is 4.72 Å². The zero-order valence-corrected chi connectivity index (χ0v) is 12.3. The third-order valence-corrected chi connectivity index (χ3v) is 5.05. The first kappa shape index (κ1) is 15.1. The lowest BCUT2D eigenvalue weighted by molar-refractivity contribution is 0.00637. The summed E-state index contributed by atoms with van der Waals surface area (Å²) >= 11 is 0. The molecule has 6 nitrogen and oxygen atoms in total. The van der Waals surface area contributed by atoms with Crippen molar-refractivity contribution >= 4 is 10.0 Å². The van der Waals surface area contributed by atoms with Gasteiger partial charge in [0, 0.05) is 0 Å². The Hall–Kier alpha value is -0.920. The van der Waals surface area contributed by atoms with E-state index in [0.717, 1.165) is 0 Å². The van der Waals surface area contributed by atoms with Gasteiger partial charge in [-0.15, -0.1) is 0 Å². The standard InChI is InChI=1S/C11H20N2O4S/c1-7-9(8(2)17-12-7)18(15,16)13-10(3,4)11(5,6)14/h13-14H,1-6H3. The molecule has 0 saturated carbocycles. The van der Waals surface area contributed by atoms with Crippen LogP contribution in [0, 0.1) is 13.8 Å². The van der Waals surface area contributed by atoms with E-state index in [-0.39, 0.29) is 10.7 Å². The summed E-state index contributed by atoms with van der Waals surface area (Å²) < 4.78 is 31.9. The molecule has 0 unspecified atom stereocenters. The zero-order chi connectivity index (χ0) is 14.4. The number of nitrogens with one attached hydrogen (secondary N) is 1. The Morgan fingerprint density at radius 3 is 2.06 bits per heavy atom. The van der Waals surface area contributed by atoms with Crippen molar-refractivity contribution < 1.29 is 18.0 Å². The molecule has 0 aromatic carbocycles. The second-order valence-electron chi connectivity index (χ2n) is 5.44. The van der Waals surface area contributed by atoms with Crippen LogP contribution in [0.3, 0.4) is 0 Å². The lowest BCUT2D eigenvalue weighted by atomic mass is 9.87. The summed E-state index contributed by atoms with van der Waals surface area (Å²) in [6, 6.07) is 0. The van der Waals surface area contributed by atoms with E-state index in [2.05, 4.69) is 9.88 Å². The molecule has 7 heteroatoms. The molecule has 1 heterocycles. The minimum absolute atomic E-state index is 0.0276. The highest BCUT2D eigenvalue weighted by Gasteiger charge is 2.40. The summed E-state index contributed by atoms with van der Waals surface area (Å²) in [5.74, 6) is 0.228. The third-order valence-electron chi connectivity index (χ3n) is 3.16. The SMILES string of the molecule is Cc1noc(C)c1S(=O)(=O)NC(C)(C)C(C)(C)O. The number of aliphatic hydroxyl groups is 1. The number of rotatable bonds is 4. The van der Waals surface area contributed by atoms with E-state index in [4.69, 9.17) is 4.52 Å². The van der Waals surface area contributed by atoms with Gasteiger partial charge in [-0.25, -0.2) is 13.1 Å². The summed E-state index contributed by atoms with van der Waals surface area (Å²) in [6.45, 7) is 9.41. The van der Waals surface area contributed by atoms with Crippen molar-refractivity contribution in [1.29, 1.82) is 0 Å². The van der Waals surface area contributed by atoms with Crippen LogP contribution in [0.4, 0.5) is 0 Å². The van der Waals surface area contributed by atoms with Crippen molar-refractivity contribution in [1.82, 2.24) is 9.88 Å². The quantitative estimate of drug-likeness (QED) is 0.859. The molecular weight excluding hydrogens is 256 g/mol. The molecule has 0 aliphatic rings. The molecule has 0 spiro atoms. The average Bonchev–Trinajstić information content (AvgIpc) is 2.42. The van der Waals surface area contributed by atoms with Gasteiger partial charge in [0.1, 0.15) is 10.6 Å². The molecule has 0 aliphatic heterocycles. The first-order valence-corrected chi connectivity index (χ1v) is 7.06. The normalized spacial score (nSPS) is 13.9. The van der Waals surface area contributed by atoms with Crippen molar-refractivity contribution in [2.45, 2.75) is 57.6 Å². The van der Waals surface area contributed by atoms with Crippen LogP contribution in [-0.4, -0.2) is 29.8 Å². The van der Waals surface area contributed by atoms with E-state index in [0.29, 0.717) is 5.69 Å². The molecule has 1 aromatic rings. The van der Waals surface area contributed by atoms with Gasteiger partial charge in [0.25, 0.3) is 0 Å². The molecule has 0 fully saturated rings. The topological polar surface area (TPSA) is 92.4 Å². The molecule has 1 rings (SSSR count). The Bertz CT molecular complexity index is 518. The van der Waals surface area contributed by atoms with Crippen LogP contribution in [0.2, 0.25) is 0 Å². The fourth-order valence-electron chi connectivity index (χ4n) is 1.37. The molecule has 18 heavy (non-hydrogen) atoms. The van der Waals surface area contributed by atoms with Crippen molar-refractivity contribution in [3.05, 3.63) is 11.5 Å². The molecule has 0 atom stereocenters. The van der Waals surface area contributed by atoms with Gasteiger partial charge in [-0.05, 0) is 41.5 Å². The largest absolute Gasteiger partial charge is 0.389 e. The molecule has 0 radical (unpaired) electrons. The van der Waals surface area contributed by atoms with Crippen LogP contribution in [-0.2, 0) is 10.0 Å². The predicted octanol–water partition coefficient (Wildman–Crippen LogP) is 1.12. The van der Waals surface area contributed by atoms with E-state index >= 15 is 0 Å². The average molecular weight is 276 g/mol.